The van der Waals surface area contributed by atoms with Crippen molar-refractivity contribution in [3.63, 3.8) is 0 Å². The van der Waals surface area contributed by atoms with Crippen molar-refractivity contribution in [1.29, 1.82) is 0 Å². The molecule has 0 aromatic carbocycles. The third kappa shape index (κ3) is 2.62. The van der Waals surface area contributed by atoms with Crippen molar-refractivity contribution in [2.75, 3.05) is 0 Å². The topological polar surface area (TPSA) is 242 Å². The monoisotopic (exact) mass is 312 g/mol. The van der Waals surface area contributed by atoms with Gasteiger partial charge < -0.3 is 45.9 Å². The number of rotatable bonds is 5. The molecule has 124 valence electrons. The minimum Gasteiger partial charge on any atom is -0.311 e. The zero-order chi connectivity index (χ0) is 17.6. The Morgan fingerprint density at radius 1 is 0.955 bits per heavy atom. The van der Waals surface area contributed by atoms with E-state index in [0.717, 1.165) is 0 Å². The van der Waals surface area contributed by atoms with Gasteiger partial charge in [-0.2, -0.15) is 0 Å². The van der Waals surface area contributed by atoms with Crippen LogP contribution in [0.1, 0.15) is 6.92 Å². The van der Waals surface area contributed by atoms with Crippen LogP contribution in [0.5, 0.6) is 0 Å². The molecule has 0 heterocycles. The fraction of sp³-hybridized carbons (Fsp3) is 0.500. The highest BCUT2D eigenvalue weighted by Gasteiger charge is 2.62. The molecule has 0 aliphatic heterocycles. The summed E-state index contributed by atoms with van der Waals surface area (Å²) in [5.74, 6) is -2.72. The van der Waals surface area contributed by atoms with Gasteiger partial charge >= 0.3 is 0 Å². The summed E-state index contributed by atoms with van der Waals surface area (Å²) < 4.78 is 0. The molecule has 0 saturated carbocycles. The standard InChI is InChI=1S/C12H24N8O2/c1-9(13,14)11(17,18)12(19,20)10(15,16)8(22)6-4-2-3-5-7(6)21/h2-6H,13-20H2,1H3. The van der Waals surface area contributed by atoms with Crippen LogP contribution in [-0.2, 0) is 9.59 Å². The molecule has 1 aliphatic rings. The van der Waals surface area contributed by atoms with Crippen LogP contribution >= 0.6 is 0 Å². The summed E-state index contributed by atoms with van der Waals surface area (Å²) in [6.07, 6.45) is 5.46. The molecule has 0 fully saturated rings. The number of hydrogen-bond acceptors (Lipinski definition) is 10. The van der Waals surface area contributed by atoms with Crippen LogP contribution in [0.4, 0.5) is 0 Å². The molecular weight excluding hydrogens is 288 g/mol. The first-order valence-electron chi connectivity index (χ1n) is 6.42. The summed E-state index contributed by atoms with van der Waals surface area (Å²) in [6, 6.07) is 0. The van der Waals surface area contributed by atoms with E-state index in [1.807, 2.05) is 0 Å². The highest BCUT2D eigenvalue weighted by molar-refractivity contribution is 6.13. The van der Waals surface area contributed by atoms with E-state index in [0.29, 0.717) is 0 Å². The first-order chi connectivity index (χ1) is 9.68. The van der Waals surface area contributed by atoms with Crippen LogP contribution in [-0.4, -0.2) is 34.2 Å². The van der Waals surface area contributed by atoms with E-state index in [9.17, 15) is 9.59 Å². The lowest BCUT2D eigenvalue weighted by molar-refractivity contribution is -0.135. The molecule has 0 spiro atoms. The van der Waals surface area contributed by atoms with E-state index in [-0.39, 0.29) is 0 Å². The van der Waals surface area contributed by atoms with Crippen molar-refractivity contribution in [3.05, 3.63) is 24.3 Å². The summed E-state index contributed by atoms with van der Waals surface area (Å²) in [6.45, 7) is 1.25. The van der Waals surface area contributed by atoms with Crippen molar-refractivity contribution in [3.8, 4) is 0 Å². The van der Waals surface area contributed by atoms with E-state index in [4.69, 9.17) is 45.9 Å². The summed E-state index contributed by atoms with van der Waals surface area (Å²) in [5, 5.41) is 0. The van der Waals surface area contributed by atoms with Gasteiger partial charge in [-0.1, -0.05) is 18.2 Å². The molecule has 1 aliphatic carbocycles. The number of Topliss-reactive ketones (excluding diaryl/α,β-unsaturated/α-hetero) is 1. The normalized spacial score (nSPS) is 20.4. The van der Waals surface area contributed by atoms with Crippen molar-refractivity contribution in [2.45, 2.75) is 29.6 Å². The van der Waals surface area contributed by atoms with Crippen LogP contribution < -0.4 is 45.9 Å². The molecule has 10 nitrogen and oxygen atoms in total. The fourth-order valence-electron chi connectivity index (χ4n) is 1.99. The zero-order valence-electron chi connectivity index (χ0n) is 12.3. The van der Waals surface area contributed by atoms with Gasteiger partial charge in [0.05, 0.1) is 5.66 Å². The van der Waals surface area contributed by atoms with E-state index < -0.39 is 40.1 Å². The molecule has 1 unspecified atom stereocenters. The minimum absolute atomic E-state index is 0.522. The average Bonchev–Trinajstić information content (AvgIpc) is 2.36. The Morgan fingerprint density at radius 2 is 1.45 bits per heavy atom. The van der Waals surface area contributed by atoms with E-state index >= 15 is 0 Å². The van der Waals surface area contributed by atoms with Gasteiger partial charge in [0.25, 0.3) is 0 Å². The molecule has 10 heteroatoms. The van der Waals surface area contributed by atoms with Gasteiger partial charge in [0.2, 0.25) is 0 Å². The molecule has 0 saturated heterocycles. The van der Waals surface area contributed by atoms with Gasteiger partial charge in [-0.05, 0) is 13.0 Å². The lowest BCUT2D eigenvalue weighted by Crippen LogP contribution is -2.97. The average molecular weight is 312 g/mol. The molecule has 0 aromatic rings. The first-order valence-corrected chi connectivity index (χ1v) is 6.42. The van der Waals surface area contributed by atoms with Crippen molar-refractivity contribution < 1.29 is 9.59 Å². The Kier molecular flexibility index (Phi) is 4.46. The van der Waals surface area contributed by atoms with Gasteiger partial charge in [0.15, 0.2) is 17.2 Å². The third-order valence-corrected chi connectivity index (χ3v) is 3.93. The Balaban J connectivity index is 3.27. The lowest BCUT2D eigenvalue weighted by Gasteiger charge is -2.53. The maximum atomic E-state index is 12.5. The molecule has 0 bridgehead atoms. The Bertz CT molecular complexity index is 542. The molecule has 1 rings (SSSR count). The Labute approximate surface area is 127 Å². The van der Waals surface area contributed by atoms with Gasteiger partial charge in [0, 0.05) is 0 Å². The second kappa shape index (κ2) is 5.30. The second-order valence-corrected chi connectivity index (χ2v) is 5.88. The quantitative estimate of drug-likeness (QED) is 0.178. The van der Waals surface area contributed by atoms with Gasteiger partial charge in [0.1, 0.15) is 17.2 Å². The summed E-state index contributed by atoms with van der Waals surface area (Å²) in [4.78, 5) is 24.3. The maximum Gasteiger partial charge on any atom is 0.185 e. The van der Waals surface area contributed by atoms with Gasteiger partial charge in [-0.15, -0.1) is 0 Å². The predicted octanol–water partition coefficient (Wildman–Crippen LogP) is -4.66. The van der Waals surface area contributed by atoms with Gasteiger partial charge in [-0.25, -0.2) is 0 Å². The van der Waals surface area contributed by atoms with Crippen LogP contribution in [0, 0.1) is 5.92 Å². The third-order valence-electron chi connectivity index (χ3n) is 3.93. The first kappa shape index (κ1) is 18.5. The number of ketones is 2. The van der Waals surface area contributed by atoms with Gasteiger partial charge in [-0.3, -0.25) is 9.59 Å². The minimum atomic E-state index is -2.47. The van der Waals surface area contributed by atoms with Crippen molar-refractivity contribution in [2.24, 2.45) is 51.8 Å². The molecule has 0 amide bonds. The van der Waals surface area contributed by atoms with E-state index in [1.54, 1.807) is 0 Å². The molecular formula is C12H24N8O2. The maximum absolute atomic E-state index is 12.5. The molecule has 16 N–H and O–H groups in total. The lowest BCUT2D eigenvalue weighted by atomic mass is 9.72. The largest absolute Gasteiger partial charge is 0.311 e. The highest BCUT2D eigenvalue weighted by Crippen LogP contribution is 2.25. The highest BCUT2D eigenvalue weighted by atomic mass is 16.2. The van der Waals surface area contributed by atoms with E-state index in [2.05, 4.69) is 0 Å². The fourth-order valence-corrected chi connectivity index (χ4v) is 1.99. The Hall–Kier alpha value is -1.50. The number of carbonyl (C=O) groups is 2. The number of nitrogens with two attached hydrogens (primary N) is 8. The SMILES string of the molecule is CC(N)(N)C(N)(N)C(N)(N)C(N)(N)C(=O)C1C=CC=CC1=O. The number of allylic oxidation sites excluding steroid dienone is 4. The van der Waals surface area contributed by atoms with Crippen molar-refractivity contribution in [1.82, 2.24) is 0 Å². The Morgan fingerprint density at radius 3 is 1.86 bits per heavy atom. The smallest absolute Gasteiger partial charge is 0.185 e. The number of hydrogen-bond donors (Lipinski definition) is 8. The van der Waals surface area contributed by atoms with Crippen LogP contribution in [0.25, 0.3) is 0 Å². The molecule has 0 aromatic heterocycles. The molecule has 22 heavy (non-hydrogen) atoms. The summed E-state index contributed by atoms with van der Waals surface area (Å²) in [7, 11) is 0. The van der Waals surface area contributed by atoms with E-state index in [1.165, 1.54) is 31.2 Å². The molecule has 0 radical (unpaired) electrons. The summed E-state index contributed by atoms with van der Waals surface area (Å²) in [5.41, 5.74) is 37.3. The van der Waals surface area contributed by atoms with Crippen LogP contribution in [0.15, 0.2) is 24.3 Å². The predicted molar refractivity (Wildman–Crippen MR) is 81.9 cm³/mol. The van der Waals surface area contributed by atoms with Crippen LogP contribution in [0.3, 0.4) is 0 Å². The zero-order valence-corrected chi connectivity index (χ0v) is 12.3. The molecule has 1 atom stereocenters. The van der Waals surface area contributed by atoms with Crippen molar-refractivity contribution >= 4 is 11.6 Å². The van der Waals surface area contributed by atoms with Crippen LogP contribution in [0.2, 0.25) is 0 Å². The second-order valence-electron chi connectivity index (χ2n) is 5.88. The summed E-state index contributed by atoms with van der Waals surface area (Å²) >= 11 is 0. The number of carbonyl (C=O) groups excluding carboxylic acids is 2.